The quantitative estimate of drug-likeness (QED) is 0.117. The van der Waals surface area contributed by atoms with E-state index in [1.807, 2.05) is 10.6 Å². The van der Waals surface area contributed by atoms with E-state index in [1.165, 1.54) is 6.92 Å². The number of carboxylic acids is 3. The molecule has 16 nitrogen and oxygen atoms in total. The van der Waals surface area contributed by atoms with Gasteiger partial charge < -0.3 is 47.8 Å². The van der Waals surface area contributed by atoms with E-state index in [2.05, 4.69) is 0 Å². The molecule has 0 aliphatic heterocycles. The maximum Gasteiger partial charge on any atom is 0.326 e. The molecule has 0 fully saturated rings. The summed E-state index contributed by atoms with van der Waals surface area (Å²) in [6, 6.07) is -7.06. The zero-order valence-electron chi connectivity index (χ0n) is 16.8. The third kappa shape index (κ3) is 10.3. The highest BCUT2D eigenvalue weighted by Gasteiger charge is 2.33. The molecule has 5 atom stereocenters. The first-order valence-electron chi connectivity index (χ1n) is 8.95. The Morgan fingerprint density at radius 2 is 1.09 bits per heavy atom. The number of carboxylic acid groups (broad SMARTS) is 3. The fourth-order valence-corrected chi connectivity index (χ4v) is 2.20. The molecule has 16 heteroatoms. The molecule has 32 heavy (non-hydrogen) atoms. The molecular formula is C16H25N5O11. The average Bonchev–Trinajstić information content (AvgIpc) is 2.64. The molecule has 0 saturated carbocycles. The zero-order chi connectivity index (χ0) is 25.2. The van der Waals surface area contributed by atoms with Gasteiger partial charge >= 0.3 is 17.9 Å². The molecule has 0 bridgehead atoms. The van der Waals surface area contributed by atoms with Crippen LogP contribution in [-0.4, -0.2) is 92.2 Å². The van der Waals surface area contributed by atoms with Crippen molar-refractivity contribution in [2.75, 3.05) is 0 Å². The minimum absolute atomic E-state index is 0.789. The van der Waals surface area contributed by atoms with E-state index in [-0.39, 0.29) is 0 Å². The number of primary amides is 1. The van der Waals surface area contributed by atoms with Gasteiger partial charge in [-0.05, 0) is 6.92 Å². The number of hydrogen-bond acceptors (Lipinski definition) is 9. The Labute approximate surface area is 180 Å². The summed E-state index contributed by atoms with van der Waals surface area (Å²) in [6.45, 7) is 1.18. The molecule has 5 unspecified atom stereocenters. The summed E-state index contributed by atoms with van der Waals surface area (Å²) >= 11 is 0. The van der Waals surface area contributed by atoms with Crippen LogP contribution in [0.2, 0.25) is 0 Å². The number of nitrogens with two attached hydrogens (primary N) is 2. The van der Waals surface area contributed by atoms with Crippen molar-refractivity contribution in [3.8, 4) is 0 Å². The van der Waals surface area contributed by atoms with Crippen LogP contribution < -0.4 is 27.4 Å². The summed E-state index contributed by atoms with van der Waals surface area (Å²) in [5.74, 6) is -9.62. The molecule has 0 aromatic rings. The van der Waals surface area contributed by atoms with E-state index in [4.69, 9.17) is 26.8 Å². The smallest absolute Gasteiger partial charge is 0.326 e. The largest absolute Gasteiger partial charge is 0.481 e. The van der Waals surface area contributed by atoms with Crippen molar-refractivity contribution in [1.29, 1.82) is 0 Å². The number of carbonyl (C=O) groups is 7. The van der Waals surface area contributed by atoms with Gasteiger partial charge in [-0.1, -0.05) is 0 Å². The number of nitrogens with one attached hydrogen (secondary N) is 3. The maximum atomic E-state index is 12.5. The lowest BCUT2D eigenvalue weighted by Crippen LogP contribution is -2.59. The summed E-state index contributed by atoms with van der Waals surface area (Å²) in [5, 5.41) is 41.7. The van der Waals surface area contributed by atoms with Gasteiger partial charge in [0.2, 0.25) is 23.6 Å². The van der Waals surface area contributed by atoms with Crippen molar-refractivity contribution < 1.29 is 54.0 Å². The molecule has 0 heterocycles. The van der Waals surface area contributed by atoms with Crippen molar-refractivity contribution in [2.45, 2.75) is 56.5 Å². The highest BCUT2D eigenvalue weighted by molar-refractivity contribution is 5.97. The summed E-state index contributed by atoms with van der Waals surface area (Å²) in [6.07, 6.45) is -4.21. The second kappa shape index (κ2) is 12.8. The van der Waals surface area contributed by atoms with Crippen LogP contribution in [0.15, 0.2) is 0 Å². The number of aliphatic hydroxyl groups excluding tert-OH is 1. The van der Waals surface area contributed by atoms with Crippen molar-refractivity contribution in [2.24, 2.45) is 11.5 Å². The van der Waals surface area contributed by atoms with Gasteiger partial charge in [0.25, 0.3) is 0 Å². The molecule has 4 amide bonds. The van der Waals surface area contributed by atoms with Crippen LogP contribution in [0.1, 0.15) is 26.2 Å². The van der Waals surface area contributed by atoms with Crippen molar-refractivity contribution in [3.05, 3.63) is 0 Å². The first-order valence-corrected chi connectivity index (χ1v) is 8.95. The first kappa shape index (κ1) is 28.2. The summed E-state index contributed by atoms with van der Waals surface area (Å²) < 4.78 is 0. The Morgan fingerprint density at radius 1 is 0.719 bits per heavy atom. The second-order valence-corrected chi connectivity index (χ2v) is 6.65. The van der Waals surface area contributed by atoms with Crippen LogP contribution in [0, 0.1) is 0 Å². The van der Waals surface area contributed by atoms with Crippen LogP contribution in [0.5, 0.6) is 0 Å². The fraction of sp³-hybridized carbons (Fsp3) is 0.562. The van der Waals surface area contributed by atoms with E-state index < -0.39 is 91.1 Å². The Kier molecular flexibility index (Phi) is 11.3. The fourth-order valence-electron chi connectivity index (χ4n) is 2.20. The van der Waals surface area contributed by atoms with Crippen molar-refractivity contribution >= 4 is 41.5 Å². The molecule has 0 aliphatic carbocycles. The van der Waals surface area contributed by atoms with Crippen LogP contribution in [-0.2, 0) is 33.6 Å². The molecule has 0 spiro atoms. The molecular weight excluding hydrogens is 438 g/mol. The summed E-state index contributed by atoms with van der Waals surface area (Å²) in [7, 11) is 0. The van der Waals surface area contributed by atoms with E-state index >= 15 is 0 Å². The standard InChI is InChI=1S/C16H25N5O11/c1-5(22)12(18)15(30)20-6(2-9(17)23)13(28)19-7(3-10(24)25)14(29)21-8(16(31)32)4-11(26)27/h5-8,12,22H,2-4,18H2,1H3,(H2,17,23)(H,19,28)(H,20,30)(H,21,29)(H,24,25)(H,26,27)(H,31,32). The van der Waals surface area contributed by atoms with Crippen molar-refractivity contribution in [3.63, 3.8) is 0 Å². The van der Waals surface area contributed by atoms with Gasteiger partial charge in [0.15, 0.2) is 0 Å². The molecule has 0 rings (SSSR count). The Balaban J connectivity index is 5.58. The predicted molar refractivity (Wildman–Crippen MR) is 101 cm³/mol. The lowest BCUT2D eigenvalue weighted by atomic mass is 10.1. The average molecular weight is 463 g/mol. The van der Waals surface area contributed by atoms with Gasteiger partial charge in [-0.3, -0.25) is 28.8 Å². The van der Waals surface area contributed by atoms with Crippen molar-refractivity contribution in [1.82, 2.24) is 16.0 Å². The third-order valence-electron chi connectivity index (χ3n) is 3.87. The predicted octanol–water partition coefficient (Wildman–Crippen LogP) is -4.94. The van der Waals surface area contributed by atoms with Crippen LogP contribution in [0.4, 0.5) is 0 Å². The van der Waals surface area contributed by atoms with E-state index in [9.17, 15) is 38.7 Å². The van der Waals surface area contributed by atoms with E-state index in [0.717, 1.165) is 0 Å². The number of aliphatic carboxylic acids is 3. The summed E-state index contributed by atoms with van der Waals surface area (Å²) in [4.78, 5) is 80.9. The molecule has 0 aromatic heterocycles. The Morgan fingerprint density at radius 3 is 1.47 bits per heavy atom. The van der Waals surface area contributed by atoms with E-state index in [1.54, 1.807) is 5.32 Å². The van der Waals surface area contributed by atoms with Gasteiger partial charge in [-0.2, -0.15) is 0 Å². The minimum Gasteiger partial charge on any atom is -0.481 e. The third-order valence-corrected chi connectivity index (χ3v) is 3.87. The monoisotopic (exact) mass is 463 g/mol. The van der Waals surface area contributed by atoms with Crippen LogP contribution in [0.3, 0.4) is 0 Å². The van der Waals surface area contributed by atoms with Gasteiger partial charge in [0, 0.05) is 0 Å². The number of aliphatic hydroxyl groups is 1. The highest BCUT2D eigenvalue weighted by Crippen LogP contribution is 2.02. The van der Waals surface area contributed by atoms with Gasteiger partial charge in [0.1, 0.15) is 24.2 Å². The normalized spacial score (nSPS) is 15.2. The first-order chi connectivity index (χ1) is 14.6. The minimum atomic E-state index is -1.93. The molecule has 0 aromatic carbocycles. The van der Waals surface area contributed by atoms with Gasteiger partial charge in [0.05, 0.1) is 25.4 Å². The Hall–Kier alpha value is -3.79. The lowest BCUT2D eigenvalue weighted by molar-refractivity contribution is -0.148. The topological polar surface area (TPSA) is 289 Å². The highest BCUT2D eigenvalue weighted by atomic mass is 16.4. The molecule has 180 valence electrons. The van der Waals surface area contributed by atoms with Gasteiger partial charge in [-0.25, -0.2) is 4.79 Å². The number of rotatable bonds is 14. The summed E-state index contributed by atoms with van der Waals surface area (Å²) in [5.41, 5.74) is 10.4. The molecule has 0 radical (unpaired) electrons. The maximum absolute atomic E-state index is 12.5. The van der Waals surface area contributed by atoms with Crippen LogP contribution in [0.25, 0.3) is 0 Å². The lowest BCUT2D eigenvalue weighted by Gasteiger charge is -2.24. The van der Waals surface area contributed by atoms with Gasteiger partial charge in [-0.15, -0.1) is 0 Å². The van der Waals surface area contributed by atoms with E-state index in [0.29, 0.717) is 0 Å². The zero-order valence-corrected chi connectivity index (χ0v) is 16.8. The number of carbonyl (C=O) groups excluding carboxylic acids is 4. The number of amides is 4. The van der Waals surface area contributed by atoms with Crippen LogP contribution >= 0.6 is 0 Å². The Bertz CT molecular complexity index is 769. The molecule has 0 saturated heterocycles. The second-order valence-electron chi connectivity index (χ2n) is 6.65. The number of hydrogen-bond donors (Lipinski definition) is 9. The molecule has 0 aliphatic rings. The SMILES string of the molecule is CC(O)C(N)C(=O)NC(CC(N)=O)C(=O)NC(CC(=O)O)C(=O)NC(CC(=O)O)C(=O)O. The molecule has 11 N–H and O–H groups in total.